The van der Waals surface area contributed by atoms with Crippen molar-refractivity contribution in [1.29, 1.82) is 0 Å². The molecule has 0 saturated carbocycles. The van der Waals surface area contributed by atoms with Crippen LogP contribution < -0.4 is 5.76 Å². The summed E-state index contributed by atoms with van der Waals surface area (Å²) in [6.07, 6.45) is 2.59. The molecule has 1 unspecified atom stereocenters. The second-order valence-corrected chi connectivity index (χ2v) is 15.7. The van der Waals surface area contributed by atoms with Crippen molar-refractivity contribution in [2.75, 3.05) is 6.61 Å². The Kier molecular flexibility index (Phi) is 6.82. The Morgan fingerprint density at radius 2 is 1.94 bits per heavy atom. The Labute approximate surface area is 204 Å². The molecule has 1 aliphatic heterocycles. The van der Waals surface area contributed by atoms with Crippen molar-refractivity contribution in [1.82, 2.24) is 9.47 Å². The molecule has 4 rings (SSSR count). The molecule has 3 aromatic rings. The molecule has 2 aromatic carbocycles. The second-order valence-electron chi connectivity index (χ2n) is 10.1. The van der Waals surface area contributed by atoms with Gasteiger partial charge in [0.05, 0.1) is 11.6 Å². The number of ether oxygens (including phenoxy) is 1. The third-order valence-corrected chi connectivity index (χ3v) is 7.91. The maximum atomic E-state index is 13.1. The molecule has 0 aliphatic carbocycles. The predicted molar refractivity (Wildman–Crippen MR) is 136 cm³/mol. The van der Waals surface area contributed by atoms with Gasteiger partial charge in [0.25, 0.3) is 5.91 Å². The van der Waals surface area contributed by atoms with E-state index in [1.165, 1.54) is 10.6 Å². The molecular formula is C26H30N2O6Si. The van der Waals surface area contributed by atoms with E-state index < -0.39 is 19.8 Å². The lowest BCUT2D eigenvalue weighted by atomic mass is 10.0. The number of aliphatic carboxylic acids is 1. The number of carboxylic acid groups (broad SMARTS) is 1. The maximum Gasteiger partial charge on any atom is 0.421 e. The van der Waals surface area contributed by atoms with Crippen LogP contribution in [-0.2, 0) is 22.8 Å². The summed E-state index contributed by atoms with van der Waals surface area (Å²) in [7, 11) is -1.21. The summed E-state index contributed by atoms with van der Waals surface area (Å²) in [6, 6.07) is 11.7. The number of amides is 1. The molecule has 9 heteroatoms. The van der Waals surface area contributed by atoms with Crippen LogP contribution in [0, 0.1) is 0 Å². The number of rotatable bonds is 9. The largest absolute Gasteiger partial charge is 0.478 e. The van der Waals surface area contributed by atoms with Crippen LogP contribution in [0.4, 0.5) is 0 Å². The first-order valence-electron chi connectivity index (χ1n) is 11.6. The maximum absolute atomic E-state index is 13.1. The average Bonchev–Trinajstić information content (AvgIpc) is 3.22. The van der Waals surface area contributed by atoms with Crippen molar-refractivity contribution in [2.45, 2.75) is 51.9 Å². The van der Waals surface area contributed by atoms with Crippen LogP contribution in [0.1, 0.15) is 40.0 Å². The zero-order chi connectivity index (χ0) is 25.3. The van der Waals surface area contributed by atoms with Gasteiger partial charge < -0.3 is 19.2 Å². The molecule has 1 aromatic heterocycles. The molecule has 0 fully saturated rings. The van der Waals surface area contributed by atoms with Crippen molar-refractivity contribution in [2.24, 2.45) is 0 Å². The first-order valence-corrected chi connectivity index (χ1v) is 15.3. The lowest BCUT2D eigenvalue weighted by Crippen LogP contribution is -2.26. The van der Waals surface area contributed by atoms with E-state index >= 15 is 0 Å². The quantitative estimate of drug-likeness (QED) is 0.262. The van der Waals surface area contributed by atoms with E-state index in [0.29, 0.717) is 29.8 Å². The minimum atomic E-state index is -1.21. The van der Waals surface area contributed by atoms with E-state index in [2.05, 4.69) is 19.6 Å². The van der Waals surface area contributed by atoms with Gasteiger partial charge >= 0.3 is 11.7 Å². The number of oxazole rings is 1. The molecule has 1 atom stereocenters. The van der Waals surface area contributed by atoms with Crippen molar-refractivity contribution >= 4 is 37.1 Å². The number of aromatic nitrogens is 1. The molecule has 8 nitrogen and oxygen atoms in total. The van der Waals surface area contributed by atoms with Crippen molar-refractivity contribution < 1.29 is 23.8 Å². The van der Waals surface area contributed by atoms with Gasteiger partial charge in [-0.05, 0) is 60.0 Å². The van der Waals surface area contributed by atoms with Gasteiger partial charge in [-0.15, -0.1) is 0 Å². The minimum absolute atomic E-state index is 0.0869. The minimum Gasteiger partial charge on any atom is -0.478 e. The summed E-state index contributed by atoms with van der Waals surface area (Å²) in [6.45, 7) is 9.88. The Balaban J connectivity index is 1.50. The van der Waals surface area contributed by atoms with Crippen LogP contribution >= 0.6 is 0 Å². The monoisotopic (exact) mass is 494 g/mol. The first kappa shape index (κ1) is 24.7. The molecule has 0 radical (unpaired) electrons. The van der Waals surface area contributed by atoms with Gasteiger partial charge in [0.15, 0.2) is 5.58 Å². The third-order valence-electron chi connectivity index (χ3n) is 6.21. The van der Waals surface area contributed by atoms with Crippen LogP contribution in [0.5, 0.6) is 0 Å². The Morgan fingerprint density at radius 3 is 2.66 bits per heavy atom. The summed E-state index contributed by atoms with van der Waals surface area (Å²) >= 11 is 0. The number of fused-ring (bicyclic) bond motifs is 2. The van der Waals surface area contributed by atoms with E-state index in [1.807, 2.05) is 25.1 Å². The number of hydrogen-bond acceptors (Lipinski definition) is 5. The molecular weight excluding hydrogens is 464 g/mol. The topological polar surface area (TPSA) is 102 Å². The Hall–Kier alpha value is -3.43. The van der Waals surface area contributed by atoms with E-state index in [9.17, 15) is 14.4 Å². The lowest BCUT2D eigenvalue weighted by molar-refractivity contribution is -0.131. The molecule has 2 heterocycles. The van der Waals surface area contributed by atoms with Gasteiger partial charge in [0.2, 0.25) is 0 Å². The number of benzene rings is 2. The Morgan fingerprint density at radius 1 is 1.17 bits per heavy atom. The predicted octanol–water partition coefficient (Wildman–Crippen LogP) is 4.72. The highest BCUT2D eigenvalue weighted by Crippen LogP contribution is 2.35. The molecule has 0 bridgehead atoms. The second kappa shape index (κ2) is 9.67. The van der Waals surface area contributed by atoms with E-state index in [1.54, 1.807) is 23.1 Å². The number of carbonyl (C=O) groups excluding carboxylic acids is 1. The first-order chi connectivity index (χ1) is 16.5. The average molecular weight is 495 g/mol. The van der Waals surface area contributed by atoms with Crippen molar-refractivity contribution in [3.63, 3.8) is 0 Å². The summed E-state index contributed by atoms with van der Waals surface area (Å²) in [5.41, 5.74) is 4.15. The van der Waals surface area contributed by atoms with Crippen molar-refractivity contribution in [3.05, 3.63) is 75.3 Å². The summed E-state index contributed by atoms with van der Waals surface area (Å²) in [5, 5.41) is 8.86. The molecule has 1 aliphatic rings. The summed E-state index contributed by atoms with van der Waals surface area (Å²) in [4.78, 5) is 38.0. The fourth-order valence-electron chi connectivity index (χ4n) is 4.16. The van der Waals surface area contributed by atoms with Gasteiger partial charge in [-0.25, -0.2) is 14.2 Å². The van der Waals surface area contributed by atoms with E-state index in [-0.39, 0.29) is 18.7 Å². The molecule has 35 heavy (non-hydrogen) atoms. The molecule has 1 amide bonds. The van der Waals surface area contributed by atoms with Crippen LogP contribution in [0.3, 0.4) is 0 Å². The van der Waals surface area contributed by atoms with Crippen molar-refractivity contribution in [3.8, 4) is 0 Å². The molecule has 0 saturated heterocycles. The van der Waals surface area contributed by atoms with Crippen LogP contribution in [0.2, 0.25) is 25.7 Å². The van der Waals surface area contributed by atoms with Gasteiger partial charge in [0, 0.05) is 32.9 Å². The highest BCUT2D eigenvalue weighted by Gasteiger charge is 2.33. The van der Waals surface area contributed by atoms with Gasteiger partial charge in [-0.1, -0.05) is 31.8 Å². The van der Waals surface area contributed by atoms with Gasteiger partial charge in [0.1, 0.15) is 6.73 Å². The number of carbonyl (C=O) groups is 2. The lowest BCUT2D eigenvalue weighted by Gasteiger charge is -2.22. The fourth-order valence-corrected chi connectivity index (χ4v) is 4.92. The van der Waals surface area contributed by atoms with Crippen LogP contribution in [0.15, 0.2) is 51.7 Å². The molecule has 184 valence electrons. The SMILES string of the molecule is CC1c2cc(/C=C/C(=O)O)ccc2C(=O)N1Cc1ccc2c(c1)oc(=O)n2COCC[Si](C)(C)C. The fraction of sp³-hybridized carbons (Fsp3) is 0.346. The Bertz CT molecular complexity index is 1360. The van der Waals surface area contributed by atoms with Crippen LogP contribution in [0.25, 0.3) is 17.2 Å². The number of carboxylic acids is 1. The summed E-state index contributed by atoms with van der Waals surface area (Å²) < 4.78 is 12.7. The zero-order valence-corrected chi connectivity index (χ0v) is 21.4. The normalized spacial score (nSPS) is 15.9. The zero-order valence-electron chi connectivity index (χ0n) is 20.4. The molecule has 1 N–H and O–H groups in total. The number of nitrogens with zero attached hydrogens (tertiary/aromatic N) is 2. The molecule has 0 spiro atoms. The standard InChI is InChI=1S/C26H30N2O6Si/c1-17-21-13-18(7-10-24(29)30)5-8-20(21)25(31)27(17)15-19-6-9-22-23(14-19)34-26(32)28(22)16-33-11-12-35(2,3)4/h5-10,13-14,17H,11-12,15-16H2,1-4H3,(H,29,30)/b10-7+. The highest BCUT2D eigenvalue weighted by atomic mass is 28.3. The third kappa shape index (κ3) is 5.46. The van der Waals surface area contributed by atoms with Crippen LogP contribution in [-0.4, -0.2) is 41.1 Å². The van der Waals surface area contributed by atoms with E-state index in [0.717, 1.165) is 28.8 Å². The smallest absolute Gasteiger partial charge is 0.421 e. The summed E-state index contributed by atoms with van der Waals surface area (Å²) in [5.74, 6) is -1.58. The highest BCUT2D eigenvalue weighted by molar-refractivity contribution is 6.76. The van der Waals surface area contributed by atoms with Gasteiger partial charge in [-0.2, -0.15) is 0 Å². The van der Waals surface area contributed by atoms with Gasteiger partial charge in [-0.3, -0.25) is 4.79 Å². The number of hydrogen-bond donors (Lipinski definition) is 1. The van der Waals surface area contributed by atoms with E-state index in [4.69, 9.17) is 14.3 Å².